The van der Waals surface area contributed by atoms with Gasteiger partial charge < -0.3 is 0 Å². The fourth-order valence-electron chi connectivity index (χ4n) is 2.29. The first-order valence-electron chi connectivity index (χ1n) is 8.23. The monoisotopic (exact) mass is 372 g/mol. The molecule has 0 spiro atoms. The zero-order valence-corrected chi connectivity index (χ0v) is 16.0. The van der Waals surface area contributed by atoms with E-state index in [2.05, 4.69) is 34.3 Å². The molecule has 1 amide bonds. The van der Waals surface area contributed by atoms with Gasteiger partial charge in [-0.1, -0.05) is 68.1 Å². The van der Waals surface area contributed by atoms with Gasteiger partial charge in [0.25, 0.3) is 0 Å². The number of hydrogen-bond acceptors (Lipinski definition) is 6. The maximum Gasteiger partial charge on any atom is 0.239 e. The van der Waals surface area contributed by atoms with E-state index < -0.39 is 0 Å². The molecule has 1 unspecified atom stereocenters. The molecule has 5 nitrogen and oxygen atoms in total. The molecule has 1 N–H and O–H groups in total. The number of rotatable bonds is 6. The number of anilines is 1. The van der Waals surface area contributed by atoms with Crippen LogP contribution in [0.25, 0.3) is 10.9 Å². The van der Waals surface area contributed by atoms with Gasteiger partial charge >= 0.3 is 0 Å². The summed E-state index contributed by atoms with van der Waals surface area (Å²) in [6, 6.07) is 12.0. The minimum atomic E-state index is -0.222. The number of pyridine rings is 1. The highest BCUT2D eigenvalue weighted by Crippen LogP contribution is 2.28. The third-order valence-corrected chi connectivity index (χ3v) is 6.10. The number of thioether (sulfide) groups is 1. The summed E-state index contributed by atoms with van der Waals surface area (Å²) < 4.78 is 0. The van der Waals surface area contributed by atoms with Gasteiger partial charge in [0, 0.05) is 11.3 Å². The molecule has 1 aromatic carbocycles. The quantitative estimate of drug-likeness (QED) is 0.634. The first-order valence-corrected chi connectivity index (χ1v) is 9.93. The van der Waals surface area contributed by atoms with Crippen LogP contribution in [-0.4, -0.2) is 26.3 Å². The third kappa shape index (κ3) is 4.35. The van der Waals surface area contributed by atoms with Gasteiger partial charge in [0.1, 0.15) is 5.01 Å². The molecule has 2 heterocycles. The van der Waals surface area contributed by atoms with Crippen molar-refractivity contribution in [3.63, 3.8) is 0 Å². The van der Waals surface area contributed by atoms with E-state index in [1.54, 1.807) is 0 Å². The number of aromatic nitrogens is 3. The van der Waals surface area contributed by atoms with Gasteiger partial charge in [-0.2, -0.15) is 0 Å². The number of carbonyl (C=O) groups excluding carboxylic acids is 1. The molecular formula is C18H20N4OS2. The van der Waals surface area contributed by atoms with Crippen LogP contribution < -0.4 is 5.32 Å². The van der Waals surface area contributed by atoms with E-state index in [-0.39, 0.29) is 11.2 Å². The lowest BCUT2D eigenvalue weighted by molar-refractivity contribution is -0.115. The Balaban J connectivity index is 1.70. The molecule has 0 aliphatic heterocycles. The second-order valence-corrected chi connectivity index (χ2v) is 8.18. The van der Waals surface area contributed by atoms with Crippen molar-refractivity contribution in [2.24, 2.45) is 0 Å². The van der Waals surface area contributed by atoms with Crippen molar-refractivity contribution in [3.05, 3.63) is 41.4 Å². The maximum absolute atomic E-state index is 12.6. The minimum absolute atomic E-state index is 0.0612. The molecule has 0 saturated carbocycles. The highest BCUT2D eigenvalue weighted by atomic mass is 32.2. The zero-order valence-electron chi connectivity index (χ0n) is 14.4. The molecule has 3 rings (SSSR count). The smallest absolute Gasteiger partial charge is 0.239 e. The van der Waals surface area contributed by atoms with E-state index in [4.69, 9.17) is 0 Å². The number of para-hydroxylation sites is 1. The van der Waals surface area contributed by atoms with Crippen molar-refractivity contribution in [1.82, 2.24) is 15.2 Å². The molecule has 130 valence electrons. The standard InChI is InChI=1S/C18H20N4OS2/c1-4-14(16(23)20-18-22-21-17(25-18)11(2)3)24-15-10-9-12-7-5-6-8-13(12)19-15/h5-11,14H,4H2,1-3H3,(H,20,22,23). The van der Waals surface area contributed by atoms with Gasteiger partial charge in [0.15, 0.2) is 0 Å². The second-order valence-electron chi connectivity index (χ2n) is 5.95. The van der Waals surface area contributed by atoms with Gasteiger partial charge in [-0.15, -0.1) is 10.2 Å². The highest BCUT2D eigenvalue weighted by molar-refractivity contribution is 8.00. The molecule has 1 atom stereocenters. The largest absolute Gasteiger partial charge is 0.300 e. The highest BCUT2D eigenvalue weighted by Gasteiger charge is 2.20. The predicted octanol–water partition coefficient (Wildman–Crippen LogP) is 4.72. The first kappa shape index (κ1) is 17.8. The van der Waals surface area contributed by atoms with E-state index >= 15 is 0 Å². The molecule has 2 aromatic heterocycles. The van der Waals surface area contributed by atoms with Crippen LogP contribution in [0.2, 0.25) is 0 Å². The third-order valence-electron chi connectivity index (χ3n) is 3.66. The van der Waals surface area contributed by atoms with Crippen LogP contribution in [0.1, 0.15) is 38.1 Å². The van der Waals surface area contributed by atoms with Crippen molar-refractivity contribution in [3.8, 4) is 0 Å². The van der Waals surface area contributed by atoms with Crippen molar-refractivity contribution in [2.75, 3.05) is 5.32 Å². The molecular weight excluding hydrogens is 352 g/mol. The van der Waals surface area contributed by atoms with Crippen LogP contribution in [0.3, 0.4) is 0 Å². The summed E-state index contributed by atoms with van der Waals surface area (Å²) >= 11 is 2.90. The van der Waals surface area contributed by atoms with Crippen molar-refractivity contribution < 1.29 is 4.79 Å². The summed E-state index contributed by atoms with van der Waals surface area (Å²) in [6.45, 7) is 6.11. The van der Waals surface area contributed by atoms with E-state index in [0.717, 1.165) is 20.9 Å². The summed E-state index contributed by atoms with van der Waals surface area (Å²) in [5.74, 6) is 0.246. The van der Waals surface area contributed by atoms with Gasteiger partial charge in [-0.25, -0.2) is 4.98 Å². The topological polar surface area (TPSA) is 67.8 Å². The molecule has 7 heteroatoms. The first-order chi connectivity index (χ1) is 12.1. The molecule has 0 radical (unpaired) electrons. The number of nitrogens with zero attached hydrogens (tertiary/aromatic N) is 3. The molecule has 25 heavy (non-hydrogen) atoms. The number of benzene rings is 1. The van der Waals surface area contributed by atoms with Gasteiger partial charge in [-0.05, 0) is 18.6 Å². The van der Waals surface area contributed by atoms with Crippen LogP contribution in [-0.2, 0) is 4.79 Å². The minimum Gasteiger partial charge on any atom is -0.300 e. The van der Waals surface area contributed by atoms with Crippen molar-refractivity contribution >= 4 is 45.0 Å². The summed E-state index contributed by atoms with van der Waals surface area (Å²) in [5.41, 5.74) is 0.938. The molecule has 3 aromatic rings. The predicted molar refractivity (Wildman–Crippen MR) is 104 cm³/mol. The Morgan fingerprint density at radius 1 is 1.20 bits per heavy atom. The van der Waals surface area contributed by atoms with Crippen molar-refractivity contribution in [2.45, 2.75) is 43.4 Å². The Labute approximate surface area is 155 Å². The lowest BCUT2D eigenvalue weighted by atomic mass is 10.2. The number of amides is 1. The Morgan fingerprint density at radius 2 is 2.00 bits per heavy atom. The Bertz CT molecular complexity index is 878. The molecule has 0 bridgehead atoms. The number of hydrogen-bond donors (Lipinski definition) is 1. The molecule has 0 fully saturated rings. The van der Waals surface area contributed by atoms with Gasteiger partial charge in [0.2, 0.25) is 11.0 Å². The lowest BCUT2D eigenvalue weighted by Crippen LogP contribution is -2.24. The summed E-state index contributed by atoms with van der Waals surface area (Å²) in [6.07, 6.45) is 0.709. The van der Waals surface area contributed by atoms with E-state index in [9.17, 15) is 4.79 Å². The van der Waals surface area contributed by atoms with Crippen LogP contribution in [0.5, 0.6) is 0 Å². The maximum atomic E-state index is 12.6. The van der Waals surface area contributed by atoms with Gasteiger partial charge in [0.05, 0.1) is 15.8 Å². The zero-order chi connectivity index (χ0) is 17.8. The summed E-state index contributed by atoms with van der Waals surface area (Å²) in [5, 5.41) is 14.2. The normalized spacial score (nSPS) is 12.5. The molecule has 0 saturated heterocycles. The Morgan fingerprint density at radius 3 is 2.72 bits per heavy atom. The molecule has 0 aliphatic carbocycles. The van der Waals surface area contributed by atoms with Crippen LogP contribution in [0.4, 0.5) is 5.13 Å². The van der Waals surface area contributed by atoms with E-state index in [1.165, 1.54) is 23.1 Å². The second kappa shape index (κ2) is 7.93. The Hall–Kier alpha value is -1.99. The average molecular weight is 373 g/mol. The number of fused-ring (bicyclic) bond motifs is 1. The van der Waals surface area contributed by atoms with Crippen molar-refractivity contribution in [1.29, 1.82) is 0 Å². The number of carbonyl (C=O) groups is 1. The van der Waals surface area contributed by atoms with Gasteiger partial charge in [-0.3, -0.25) is 10.1 Å². The fraction of sp³-hybridized carbons (Fsp3) is 0.333. The summed E-state index contributed by atoms with van der Waals surface area (Å²) in [4.78, 5) is 17.2. The van der Waals surface area contributed by atoms with E-state index in [0.29, 0.717) is 17.5 Å². The van der Waals surface area contributed by atoms with Crippen LogP contribution in [0.15, 0.2) is 41.4 Å². The van der Waals surface area contributed by atoms with E-state index in [1.807, 2.05) is 43.3 Å². The SMILES string of the molecule is CCC(Sc1ccc2ccccc2n1)C(=O)Nc1nnc(C(C)C)s1. The number of nitrogens with one attached hydrogen (secondary N) is 1. The van der Waals surface area contributed by atoms with Crippen LogP contribution in [0, 0.1) is 0 Å². The average Bonchev–Trinajstić information content (AvgIpc) is 3.08. The Kier molecular flexibility index (Phi) is 5.65. The fourth-order valence-corrected chi connectivity index (χ4v) is 3.96. The van der Waals surface area contributed by atoms with Crippen LogP contribution >= 0.6 is 23.1 Å². The summed E-state index contributed by atoms with van der Waals surface area (Å²) in [7, 11) is 0. The lowest BCUT2D eigenvalue weighted by Gasteiger charge is -2.13. The molecule has 0 aliphatic rings.